The molecule has 0 bridgehead atoms. The minimum Gasteiger partial charge on any atom is -0.486 e. The van der Waals surface area contributed by atoms with E-state index < -0.39 is 5.97 Å². The Morgan fingerprint density at radius 3 is 2.95 bits per heavy atom. The van der Waals surface area contributed by atoms with Gasteiger partial charge < -0.3 is 14.4 Å². The van der Waals surface area contributed by atoms with Crippen LogP contribution in [-0.4, -0.2) is 20.6 Å². The predicted octanol–water partition coefficient (Wildman–Crippen LogP) is 2.71. The second-order valence-electron chi connectivity index (χ2n) is 4.25. The van der Waals surface area contributed by atoms with Crippen LogP contribution < -0.4 is 4.74 Å². The van der Waals surface area contributed by atoms with Crippen molar-refractivity contribution in [1.29, 1.82) is 0 Å². The Balaban J connectivity index is 2.14. The molecule has 1 N–H and O–H groups in total. The van der Waals surface area contributed by atoms with E-state index in [1.165, 1.54) is 11.3 Å². The number of hydrogen-bond donors (Lipinski definition) is 1. The van der Waals surface area contributed by atoms with Crippen molar-refractivity contribution in [3.63, 3.8) is 0 Å². The topological polar surface area (TPSA) is 64.4 Å². The van der Waals surface area contributed by atoms with Crippen LogP contribution in [0.25, 0.3) is 0 Å². The van der Waals surface area contributed by atoms with Crippen LogP contribution >= 0.6 is 11.3 Å². The SMILES string of the molecule is CCCc1cc(OCc2cncn2C)c(C(=O)O)s1. The lowest BCUT2D eigenvalue weighted by Crippen LogP contribution is -2.03. The summed E-state index contributed by atoms with van der Waals surface area (Å²) in [7, 11) is 1.87. The lowest BCUT2D eigenvalue weighted by atomic mass is 10.3. The van der Waals surface area contributed by atoms with Gasteiger partial charge in [0.1, 0.15) is 12.4 Å². The third kappa shape index (κ3) is 3.14. The van der Waals surface area contributed by atoms with Crippen molar-refractivity contribution >= 4 is 17.3 Å². The number of carbonyl (C=O) groups is 1. The molecule has 19 heavy (non-hydrogen) atoms. The maximum absolute atomic E-state index is 11.2. The highest BCUT2D eigenvalue weighted by molar-refractivity contribution is 7.14. The van der Waals surface area contributed by atoms with Crippen molar-refractivity contribution in [1.82, 2.24) is 9.55 Å². The number of aryl methyl sites for hydroxylation is 2. The third-order valence-electron chi connectivity index (χ3n) is 2.73. The number of thiophene rings is 1. The average Bonchev–Trinajstić information content (AvgIpc) is 2.94. The van der Waals surface area contributed by atoms with Gasteiger partial charge in [0, 0.05) is 11.9 Å². The van der Waals surface area contributed by atoms with Crippen molar-refractivity contribution in [2.24, 2.45) is 7.05 Å². The Bertz CT molecular complexity index is 574. The second kappa shape index (κ2) is 5.88. The molecule has 0 unspecified atom stereocenters. The molecule has 2 aromatic heterocycles. The fraction of sp³-hybridized carbons (Fsp3) is 0.385. The molecule has 0 aliphatic heterocycles. The summed E-state index contributed by atoms with van der Waals surface area (Å²) < 4.78 is 7.47. The standard InChI is InChI=1S/C13H16N2O3S/c1-3-4-10-5-11(12(19-10)13(16)17)18-7-9-6-14-8-15(9)2/h5-6,8H,3-4,7H2,1-2H3,(H,16,17). The highest BCUT2D eigenvalue weighted by Crippen LogP contribution is 2.30. The molecule has 0 amide bonds. The van der Waals surface area contributed by atoms with Gasteiger partial charge in [-0.3, -0.25) is 0 Å². The smallest absolute Gasteiger partial charge is 0.349 e. The van der Waals surface area contributed by atoms with Gasteiger partial charge in [-0.25, -0.2) is 9.78 Å². The number of hydrogen-bond acceptors (Lipinski definition) is 4. The summed E-state index contributed by atoms with van der Waals surface area (Å²) in [6.45, 7) is 2.38. The van der Waals surface area contributed by atoms with Crippen LogP contribution in [0.4, 0.5) is 0 Å². The fourth-order valence-corrected chi connectivity index (χ4v) is 2.76. The quantitative estimate of drug-likeness (QED) is 0.883. The zero-order chi connectivity index (χ0) is 13.8. The van der Waals surface area contributed by atoms with Crippen LogP contribution in [0.1, 0.15) is 33.6 Å². The van der Waals surface area contributed by atoms with Crippen LogP contribution in [0.3, 0.4) is 0 Å². The molecule has 5 nitrogen and oxygen atoms in total. The van der Waals surface area contributed by atoms with Crippen LogP contribution in [-0.2, 0) is 20.1 Å². The van der Waals surface area contributed by atoms with Crippen molar-refractivity contribution < 1.29 is 14.6 Å². The number of carboxylic acids is 1. The molecule has 0 fully saturated rings. The van der Waals surface area contributed by atoms with Crippen LogP contribution in [0.15, 0.2) is 18.6 Å². The van der Waals surface area contributed by atoms with E-state index >= 15 is 0 Å². The molecular formula is C13H16N2O3S. The Hall–Kier alpha value is -1.82. The summed E-state index contributed by atoms with van der Waals surface area (Å²) in [6.07, 6.45) is 5.26. The average molecular weight is 280 g/mol. The number of ether oxygens (including phenoxy) is 1. The first-order valence-corrected chi connectivity index (χ1v) is 6.87. The summed E-state index contributed by atoms with van der Waals surface area (Å²) >= 11 is 1.29. The minimum absolute atomic E-state index is 0.269. The molecule has 0 saturated heterocycles. The van der Waals surface area contributed by atoms with Gasteiger partial charge in [0.05, 0.1) is 18.2 Å². The Labute approximate surface area is 115 Å². The zero-order valence-corrected chi connectivity index (χ0v) is 11.7. The van der Waals surface area contributed by atoms with Gasteiger partial charge in [-0.15, -0.1) is 11.3 Å². The Morgan fingerprint density at radius 1 is 1.58 bits per heavy atom. The molecular weight excluding hydrogens is 264 g/mol. The molecule has 0 atom stereocenters. The van der Waals surface area contributed by atoms with Crippen LogP contribution in [0.2, 0.25) is 0 Å². The third-order valence-corrected chi connectivity index (χ3v) is 3.90. The molecule has 6 heteroatoms. The van der Waals surface area contributed by atoms with Crippen molar-refractivity contribution in [3.8, 4) is 5.75 Å². The zero-order valence-electron chi connectivity index (χ0n) is 10.9. The maximum Gasteiger partial charge on any atom is 0.349 e. The minimum atomic E-state index is -0.938. The largest absolute Gasteiger partial charge is 0.486 e. The number of aromatic carboxylic acids is 1. The normalized spacial score (nSPS) is 10.6. The molecule has 0 aliphatic carbocycles. The van der Waals surface area contributed by atoms with Crippen molar-refractivity contribution in [3.05, 3.63) is 34.0 Å². The molecule has 0 saturated carbocycles. The lowest BCUT2D eigenvalue weighted by Gasteiger charge is -2.05. The van der Waals surface area contributed by atoms with Gasteiger partial charge in [0.2, 0.25) is 0 Å². The first-order valence-electron chi connectivity index (χ1n) is 6.05. The van der Waals surface area contributed by atoms with E-state index in [2.05, 4.69) is 11.9 Å². The van der Waals surface area contributed by atoms with E-state index in [1.807, 2.05) is 17.7 Å². The summed E-state index contributed by atoms with van der Waals surface area (Å²) in [5, 5.41) is 9.17. The van der Waals surface area contributed by atoms with E-state index in [1.54, 1.807) is 12.5 Å². The van der Waals surface area contributed by atoms with Gasteiger partial charge in [-0.2, -0.15) is 0 Å². The molecule has 2 aromatic rings. The second-order valence-corrected chi connectivity index (χ2v) is 5.38. The van der Waals surface area contributed by atoms with Crippen molar-refractivity contribution in [2.45, 2.75) is 26.4 Å². The molecule has 0 spiro atoms. The number of imidazole rings is 1. The van der Waals surface area contributed by atoms with E-state index in [0.717, 1.165) is 23.4 Å². The number of aromatic nitrogens is 2. The van der Waals surface area contributed by atoms with Gasteiger partial charge in [-0.1, -0.05) is 13.3 Å². The number of nitrogens with zero attached hydrogens (tertiary/aromatic N) is 2. The van der Waals surface area contributed by atoms with Crippen LogP contribution in [0, 0.1) is 0 Å². The molecule has 2 heterocycles. The van der Waals surface area contributed by atoms with E-state index in [9.17, 15) is 9.90 Å². The van der Waals surface area contributed by atoms with E-state index in [4.69, 9.17) is 4.74 Å². The van der Waals surface area contributed by atoms with Gasteiger partial charge in [0.25, 0.3) is 0 Å². The van der Waals surface area contributed by atoms with Crippen molar-refractivity contribution in [2.75, 3.05) is 0 Å². The summed E-state index contributed by atoms with van der Waals surface area (Å²) in [6, 6.07) is 1.83. The Morgan fingerprint density at radius 2 is 2.37 bits per heavy atom. The maximum atomic E-state index is 11.2. The summed E-state index contributed by atoms with van der Waals surface area (Å²) in [5.74, 6) is -0.491. The first-order chi connectivity index (χ1) is 9.11. The van der Waals surface area contributed by atoms with E-state index in [-0.39, 0.29) is 4.88 Å². The van der Waals surface area contributed by atoms with Crippen LogP contribution in [0.5, 0.6) is 5.75 Å². The Kier molecular flexibility index (Phi) is 4.21. The highest BCUT2D eigenvalue weighted by atomic mass is 32.1. The summed E-state index contributed by atoms with van der Waals surface area (Å²) in [4.78, 5) is 16.5. The highest BCUT2D eigenvalue weighted by Gasteiger charge is 2.17. The van der Waals surface area contributed by atoms with E-state index in [0.29, 0.717) is 12.4 Å². The molecule has 102 valence electrons. The van der Waals surface area contributed by atoms with Gasteiger partial charge >= 0.3 is 5.97 Å². The lowest BCUT2D eigenvalue weighted by molar-refractivity contribution is 0.0697. The first kappa shape index (κ1) is 13.6. The molecule has 0 aliphatic rings. The predicted molar refractivity (Wildman–Crippen MR) is 72.8 cm³/mol. The van der Waals surface area contributed by atoms with Gasteiger partial charge in [-0.05, 0) is 12.5 Å². The monoisotopic (exact) mass is 280 g/mol. The fourth-order valence-electron chi connectivity index (χ4n) is 1.72. The summed E-state index contributed by atoms with van der Waals surface area (Å²) in [5.41, 5.74) is 0.902. The number of rotatable bonds is 6. The molecule has 2 rings (SSSR count). The van der Waals surface area contributed by atoms with Gasteiger partial charge in [0.15, 0.2) is 4.88 Å². The molecule has 0 radical (unpaired) electrons. The number of carboxylic acid groups (broad SMARTS) is 1. The molecule has 0 aromatic carbocycles.